The molecule has 2 heterocycles. The number of rotatable bonds is 5. The minimum atomic E-state index is 0.269. The van der Waals surface area contributed by atoms with Crippen LogP contribution in [0.4, 0.5) is 0 Å². The normalized spacial score (nSPS) is 16.0. The van der Waals surface area contributed by atoms with Crippen LogP contribution in [0.5, 0.6) is 0 Å². The Morgan fingerprint density at radius 1 is 1.14 bits per heavy atom. The van der Waals surface area contributed by atoms with Crippen LogP contribution < -0.4 is 5.32 Å². The van der Waals surface area contributed by atoms with E-state index in [1.54, 1.807) is 0 Å². The first-order valence-corrected chi connectivity index (χ1v) is 7.80. The summed E-state index contributed by atoms with van der Waals surface area (Å²) in [5.74, 6) is 0.972. The van der Waals surface area contributed by atoms with Crippen molar-refractivity contribution in [1.82, 2.24) is 10.3 Å². The van der Waals surface area contributed by atoms with E-state index in [2.05, 4.69) is 10.3 Å². The lowest BCUT2D eigenvalue weighted by atomic mass is 9.90. The van der Waals surface area contributed by atoms with E-state index < -0.39 is 0 Å². The van der Waals surface area contributed by atoms with Gasteiger partial charge >= 0.3 is 0 Å². The van der Waals surface area contributed by atoms with Crippen molar-refractivity contribution in [2.45, 2.75) is 25.7 Å². The largest absolute Gasteiger partial charge is 0.367 e. The van der Waals surface area contributed by atoms with E-state index in [-0.39, 0.29) is 5.78 Å². The maximum absolute atomic E-state index is 12.6. The Morgan fingerprint density at radius 3 is 2.71 bits per heavy atom. The van der Waals surface area contributed by atoms with Gasteiger partial charge in [0.15, 0.2) is 5.78 Å². The molecular formula is C18H22N2O. The van der Waals surface area contributed by atoms with Crippen LogP contribution in [0.1, 0.15) is 36.0 Å². The number of piperidine rings is 1. The molecule has 0 bridgehead atoms. The van der Waals surface area contributed by atoms with Gasteiger partial charge in [-0.05, 0) is 55.5 Å². The fourth-order valence-corrected chi connectivity index (χ4v) is 3.11. The summed E-state index contributed by atoms with van der Waals surface area (Å²) in [7, 11) is 0. The van der Waals surface area contributed by atoms with Crippen molar-refractivity contribution in [3.8, 4) is 11.1 Å². The van der Waals surface area contributed by atoms with Crippen LogP contribution in [-0.2, 0) is 0 Å². The van der Waals surface area contributed by atoms with Crippen LogP contribution in [0.3, 0.4) is 0 Å². The molecule has 2 N–H and O–H groups in total. The van der Waals surface area contributed by atoms with Gasteiger partial charge in [-0.3, -0.25) is 4.79 Å². The summed E-state index contributed by atoms with van der Waals surface area (Å²) in [6.45, 7) is 2.19. The molecule has 3 nitrogen and oxygen atoms in total. The first kappa shape index (κ1) is 14.1. The van der Waals surface area contributed by atoms with Crippen molar-refractivity contribution in [2.75, 3.05) is 13.1 Å². The highest BCUT2D eigenvalue weighted by Gasteiger charge is 2.17. The zero-order valence-electron chi connectivity index (χ0n) is 12.3. The molecule has 110 valence electrons. The van der Waals surface area contributed by atoms with Crippen LogP contribution in [0.2, 0.25) is 0 Å². The minimum Gasteiger partial charge on any atom is -0.367 e. The fraction of sp³-hybridized carbons (Fsp3) is 0.389. The number of hydrogen-bond donors (Lipinski definition) is 2. The highest BCUT2D eigenvalue weighted by molar-refractivity contribution is 6.02. The second-order valence-corrected chi connectivity index (χ2v) is 5.80. The van der Waals surface area contributed by atoms with Gasteiger partial charge in [0.2, 0.25) is 0 Å². The number of benzene rings is 1. The molecule has 1 aromatic carbocycles. The Hall–Kier alpha value is -1.87. The average Bonchev–Trinajstić information content (AvgIpc) is 3.08. The van der Waals surface area contributed by atoms with E-state index in [0.29, 0.717) is 12.3 Å². The molecule has 0 spiro atoms. The first-order chi connectivity index (χ1) is 10.3. The Balaban J connectivity index is 1.70. The van der Waals surface area contributed by atoms with Gasteiger partial charge in [-0.2, -0.15) is 0 Å². The third-order valence-electron chi connectivity index (χ3n) is 4.37. The highest BCUT2D eigenvalue weighted by atomic mass is 16.1. The maximum Gasteiger partial charge on any atom is 0.163 e. The van der Waals surface area contributed by atoms with E-state index in [1.165, 1.54) is 12.8 Å². The second-order valence-electron chi connectivity index (χ2n) is 5.80. The lowest BCUT2D eigenvalue weighted by Gasteiger charge is -2.22. The van der Waals surface area contributed by atoms with Crippen molar-refractivity contribution >= 4 is 5.78 Å². The van der Waals surface area contributed by atoms with Crippen molar-refractivity contribution in [1.29, 1.82) is 0 Å². The second kappa shape index (κ2) is 6.72. The molecule has 21 heavy (non-hydrogen) atoms. The van der Waals surface area contributed by atoms with Crippen LogP contribution >= 0.6 is 0 Å². The standard InChI is InChI=1S/C18H22N2O/c21-18(6-5-14-7-10-19-11-8-14)17-4-2-1-3-16(17)15-9-12-20-13-15/h1-4,9,12-14,19-20H,5-8,10-11H2. The molecule has 0 aliphatic carbocycles. The Morgan fingerprint density at radius 2 is 1.95 bits per heavy atom. The Labute approximate surface area is 125 Å². The van der Waals surface area contributed by atoms with Crippen LogP contribution in [0.15, 0.2) is 42.7 Å². The average molecular weight is 282 g/mol. The first-order valence-electron chi connectivity index (χ1n) is 7.80. The molecule has 3 heteroatoms. The van der Waals surface area contributed by atoms with Gasteiger partial charge in [-0.1, -0.05) is 24.3 Å². The number of ketones is 1. The number of hydrogen-bond acceptors (Lipinski definition) is 2. The summed E-state index contributed by atoms with van der Waals surface area (Å²) in [5.41, 5.74) is 2.97. The minimum absolute atomic E-state index is 0.269. The number of Topliss-reactive ketones (excluding diaryl/α,β-unsaturated/α-hetero) is 1. The van der Waals surface area contributed by atoms with Gasteiger partial charge in [0.25, 0.3) is 0 Å². The van der Waals surface area contributed by atoms with Crippen LogP contribution in [0, 0.1) is 5.92 Å². The summed E-state index contributed by atoms with van der Waals surface area (Å²) in [4.78, 5) is 15.6. The zero-order chi connectivity index (χ0) is 14.5. The molecule has 1 aromatic heterocycles. The molecule has 1 fully saturated rings. The molecule has 1 aliphatic heterocycles. The van der Waals surface area contributed by atoms with Crippen LogP contribution in [-0.4, -0.2) is 23.9 Å². The Bertz CT molecular complexity index is 583. The number of aromatic nitrogens is 1. The Kier molecular flexibility index (Phi) is 4.51. The molecule has 0 unspecified atom stereocenters. The van der Waals surface area contributed by atoms with Gasteiger partial charge in [0.1, 0.15) is 0 Å². The van der Waals surface area contributed by atoms with Crippen LogP contribution in [0.25, 0.3) is 11.1 Å². The van der Waals surface area contributed by atoms with Crippen molar-refractivity contribution < 1.29 is 4.79 Å². The van der Waals surface area contributed by atoms with E-state index in [9.17, 15) is 4.79 Å². The summed E-state index contributed by atoms with van der Waals surface area (Å²) in [5, 5.41) is 3.37. The molecule has 2 aromatic rings. The summed E-state index contributed by atoms with van der Waals surface area (Å²) in [6, 6.07) is 9.94. The predicted octanol–water partition coefficient (Wildman–Crippen LogP) is 3.64. The lowest BCUT2D eigenvalue weighted by Crippen LogP contribution is -2.28. The monoisotopic (exact) mass is 282 g/mol. The molecule has 0 amide bonds. The molecule has 1 aliphatic rings. The topological polar surface area (TPSA) is 44.9 Å². The third-order valence-corrected chi connectivity index (χ3v) is 4.37. The number of H-pyrrole nitrogens is 1. The SMILES string of the molecule is O=C(CCC1CCNCC1)c1ccccc1-c1cc[nH]c1. The molecule has 3 rings (SSSR count). The highest BCUT2D eigenvalue weighted by Crippen LogP contribution is 2.26. The number of aromatic amines is 1. The number of carbonyl (C=O) groups excluding carboxylic acids is 1. The van der Waals surface area contributed by atoms with Crippen molar-refractivity contribution in [3.63, 3.8) is 0 Å². The maximum atomic E-state index is 12.6. The van der Waals surface area contributed by atoms with Gasteiger partial charge in [0, 0.05) is 24.4 Å². The summed E-state index contributed by atoms with van der Waals surface area (Å²) < 4.78 is 0. The molecule has 0 saturated carbocycles. The fourth-order valence-electron chi connectivity index (χ4n) is 3.11. The third kappa shape index (κ3) is 3.42. The van der Waals surface area contributed by atoms with Crippen molar-refractivity contribution in [2.24, 2.45) is 5.92 Å². The molecule has 0 radical (unpaired) electrons. The van der Waals surface area contributed by atoms with E-state index in [4.69, 9.17) is 0 Å². The predicted molar refractivity (Wildman–Crippen MR) is 85.4 cm³/mol. The van der Waals surface area contributed by atoms with E-state index in [0.717, 1.165) is 36.2 Å². The van der Waals surface area contributed by atoms with Gasteiger partial charge in [-0.25, -0.2) is 0 Å². The smallest absolute Gasteiger partial charge is 0.163 e. The van der Waals surface area contributed by atoms with Gasteiger partial charge in [-0.15, -0.1) is 0 Å². The summed E-state index contributed by atoms with van der Waals surface area (Å²) >= 11 is 0. The molecule has 0 atom stereocenters. The summed E-state index contributed by atoms with van der Waals surface area (Å²) in [6.07, 6.45) is 7.91. The van der Waals surface area contributed by atoms with Gasteiger partial charge < -0.3 is 10.3 Å². The lowest BCUT2D eigenvalue weighted by molar-refractivity contribution is 0.0971. The van der Waals surface area contributed by atoms with Crippen molar-refractivity contribution in [3.05, 3.63) is 48.3 Å². The zero-order valence-corrected chi connectivity index (χ0v) is 12.3. The van der Waals surface area contributed by atoms with E-state index in [1.807, 2.05) is 42.7 Å². The molecular weight excluding hydrogens is 260 g/mol. The number of carbonyl (C=O) groups is 1. The van der Waals surface area contributed by atoms with Gasteiger partial charge in [0.05, 0.1) is 0 Å². The number of nitrogens with one attached hydrogen (secondary N) is 2. The molecule has 1 saturated heterocycles. The quantitative estimate of drug-likeness (QED) is 0.822. The van der Waals surface area contributed by atoms with E-state index >= 15 is 0 Å².